The molecule has 2 amide bonds. The zero-order valence-electron chi connectivity index (χ0n) is 18.0. The molecule has 0 unspecified atom stereocenters. The van der Waals surface area contributed by atoms with Gasteiger partial charge in [-0.2, -0.15) is 0 Å². The fourth-order valence-electron chi connectivity index (χ4n) is 2.80. The number of hydrogen-bond acceptors (Lipinski definition) is 6. The van der Waals surface area contributed by atoms with Crippen LogP contribution < -0.4 is 25.0 Å². The summed E-state index contributed by atoms with van der Waals surface area (Å²) in [6, 6.07) is 18.2. The summed E-state index contributed by atoms with van der Waals surface area (Å²) in [7, 11) is -2.43. The van der Waals surface area contributed by atoms with Gasteiger partial charge in [-0.05, 0) is 73.7 Å². The second-order valence-electron chi connectivity index (χ2n) is 6.73. The van der Waals surface area contributed by atoms with E-state index in [1.165, 1.54) is 31.4 Å². The average Bonchev–Trinajstić information content (AvgIpc) is 2.83. The van der Waals surface area contributed by atoms with E-state index in [1.807, 2.05) is 6.92 Å². The van der Waals surface area contributed by atoms with Gasteiger partial charge in [0.15, 0.2) is 0 Å². The van der Waals surface area contributed by atoms with Crippen molar-refractivity contribution in [1.29, 1.82) is 0 Å². The summed E-state index contributed by atoms with van der Waals surface area (Å²) in [5.41, 5.74) is 5.28. The number of rotatable bonds is 8. The van der Waals surface area contributed by atoms with E-state index >= 15 is 0 Å². The molecule has 10 heteroatoms. The minimum absolute atomic E-state index is 0.0552. The van der Waals surface area contributed by atoms with E-state index in [-0.39, 0.29) is 10.5 Å². The predicted octanol–water partition coefficient (Wildman–Crippen LogP) is 2.97. The quantitative estimate of drug-likeness (QED) is 0.436. The van der Waals surface area contributed by atoms with Crippen LogP contribution in [-0.4, -0.2) is 33.9 Å². The highest BCUT2D eigenvalue weighted by Gasteiger charge is 2.17. The summed E-state index contributed by atoms with van der Waals surface area (Å²) in [5, 5.41) is 0. The molecule has 0 saturated carbocycles. The van der Waals surface area contributed by atoms with Gasteiger partial charge in [-0.15, -0.1) is 0 Å². The Bertz CT molecular complexity index is 1230. The molecule has 0 bridgehead atoms. The molecule has 9 nitrogen and oxygen atoms in total. The van der Waals surface area contributed by atoms with Crippen LogP contribution in [0.1, 0.15) is 27.6 Å². The molecule has 0 aliphatic heterocycles. The molecule has 0 aliphatic carbocycles. The first kappa shape index (κ1) is 23.6. The SMILES string of the molecule is CCOc1ccc(NS(=O)(=O)c2cccc(C(=O)NNC(=O)c3ccc(OC)cc3)c2)cc1. The van der Waals surface area contributed by atoms with E-state index in [9.17, 15) is 18.0 Å². The van der Waals surface area contributed by atoms with E-state index in [0.29, 0.717) is 29.4 Å². The van der Waals surface area contributed by atoms with Crippen LogP contribution in [0.25, 0.3) is 0 Å². The Kier molecular flexibility index (Phi) is 7.52. The third-order valence-electron chi connectivity index (χ3n) is 4.47. The summed E-state index contributed by atoms with van der Waals surface area (Å²) in [4.78, 5) is 24.5. The maximum atomic E-state index is 12.7. The first-order valence-electron chi connectivity index (χ1n) is 9.93. The highest BCUT2D eigenvalue weighted by molar-refractivity contribution is 7.92. The average molecular weight is 470 g/mol. The summed E-state index contributed by atoms with van der Waals surface area (Å²) in [6.07, 6.45) is 0. The topological polar surface area (TPSA) is 123 Å². The van der Waals surface area contributed by atoms with E-state index in [0.717, 1.165) is 0 Å². The van der Waals surface area contributed by atoms with Crippen molar-refractivity contribution in [2.75, 3.05) is 18.4 Å². The lowest BCUT2D eigenvalue weighted by Gasteiger charge is -2.11. The minimum atomic E-state index is -3.95. The van der Waals surface area contributed by atoms with Gasteiger partial charge in [-0.25, -0.2) is 8.42 Å². The Balaban J connectivity index is 1.65. The number of hydrazine groups is 1. The van der Waals surface area contributed by atoms with Crippen molar-refractivity contribution in [3.05, 3.63) is 83.9 Å². The molecule has 0 spiro atoms. The number of anilines is 1. The van der Waals surface area contributed by atoms with Crippen LogP contribution in [0.2, 0.25) is 0 Å². The van der Waals surface area contributed by atoms with Gasteiger partial charge in [-0.3, -0.25) is 25.2 Å². The van der Waals surface area contributed by atoms with Gasteiger partial charge in [0.2, 0.25) is 0 Å². The molecule has 3 rings (SSSR count). The lowest BCUT2D eigenvalue weighted by Crippen LogP contribution is -2.41. The number of ether oxygens (including phenoxy) is 2. The number of amides is 2. The van der Waals surface area contributed by atoms with Crippen LogP contribution in [0.4, 0.5) is 5.69 Å². The van der Waals surface area contributed by atoms with E-state index in [2.05, 4.69) is 15.6 Å². The fourth-order valence-corrected chi connectivity index (χ4v) is 3.91. The summed E-state index contributed by atoms with van der Waals surface area (Å²) in [6.45, 7) is 2.35. The van der Waals surface area contributed by atoms with Gasteiger partial charge in [-0.1, -0.05) is 6.07 Å². The van der Waals surface area contributed by atoms with Crippen molar-refractivity contribution in [3.63, 3.8) is 0 Å². The third-order valence-corrected chi connectivity index (χ3v) is 5.84. The molecule has 0 atom stereocenters. The van der Waals surface area contributed by atoms with E-state index in [4.69, 9.17) is 9.47 Å². The third kappa shape index (κ3) is 6.23. The van der Waals surface area contributed by atoms with Crippen LogP contribution in [0, 0.1) is 0 Å². The second-order valence-corrected chi connectivity index (χ2v) is 8.41. The molecule has 0 radical (unpaired) electrons. The van der Waals surface area contributed by atoms with Gasteiger partial charge < -0.3 is 9.47 Å². The standard InChI is InChI=1S/C23H23N3O6S/c1-3-32-20-13-9-18(10-14-20)26-33(29,30)21-6-4-5-17(15-21)23(28)25-24-22(27)16-7-11-19(31-2)12-8-16/h4-15,26H,3H2,1-2H3,(H,24,27)(H,25,28). The Morgan fingerprint density at radius 1 is 0.818 bits per heavy atom. The molecule has 0 saturated heterocycles. The smallest absolute Gasteiger partial charge is 0.269 e. The maximum absolute atomic E-state index is 12.7. The van der Waals surface area contributed by atoms with Crippen molar-refractivity contribution >= 4 is 27.5 Å². The highest BCUT2D eigenvalue weighted by Crippen LogP contribution is 2.20. The lowest BCUT2D eigenvalue weighted by molar-refractivity contribution is 0.0846. The number of nitrogens with one attached hydrogen (secondary N) is 3. The maximum Gasteiger partial charge on any atom is 0.269 e. The summed E-state index contributed by atoms with van der Waals surface area (Å²) >= 11 is 0. The zero-order valence-corrected chi connectivity index (χ0v) is 18.8. The molecule has 0 heterocycles. The Labute approximate surface area is 191 Å². The number of hydrogen-bond donors (Lipinski definition) is 3. The number of methoxy groups -OCH3 is 1. The van der Waals surface area contributed by atoms with Crippen molar-refractivity contribution < 1.29 is 27.5 Å². The van der Waals surface area contributed by atoms with E-state index in [1.54, 1.807) is 48.5 Å². The highest BCUT2D eigenvalue weighted by atomic mass is 32.2. The second kappa shape index (κ2) is 10.5. The first-order valence-corrected chi connectivity index (χ1v) is 11.4. The Morgan fingerprint density at radius 2 is 1.42 bits per heavy atom. The predicted molar refractivity (Wildman–Crippen MR) is 123 cm³/mol. The van der Waals surface area contributed by atoms with Crippen LogP contribution in [0.15, 0.2) is 77.7 Å². The lowest BCUT2D eigenvalue weighted by atomic mass is 10.2. The van der Waals surface area contributed by atoms with Gasteiger partial charge in [0.25, 0.3) is 21.8 Å². The number of sulfonamides is 1. The minimum Gasteiger partial charge on any atom is -0.497 e. The molecule has 0 aliphatic rings. The molecule has 3 aromatic rings. The largest absolute Gasteiger partial charge is 0.497 e. The normalized spacial score (nSPS) is 10.7. The van der Waals surface area contributed by atoms with Crippen LogP contribution in [-0.2, 0) is 10.0 Å². The Hall–Kier alpha value is -4.05. The molecular weight excluding hydrogens is 446 g/mol. The molecule has 0 aromatic heterocycles. The molecular formula is C23H23N3O6S. The Morgan fingerprint density at radius 3 is 2.03 bits per heavy atom. The van der Waals surface area contributed by atoms with E-state index < -0.39 is 21.8 Å². The monoisotopic (exact) mass is 469 g/mol. The van der Waals surface area contributed by atoms with Crippen LogP contribution in [0.5, 0.6) is 11.5 Å². The number of carbonyl (C=O) groups excluding carboxylic acids is 2. The van der Waals surface area contributed by atoms with Crippen molar-refractivity contribution in [2.24, 2.45) is 0 Å². The molecule has 172 valence electrons. The van der Waals surface area contributed by atoms with Crippen molar-refractivity contribution in [3.8, 4) is 11.5 Å². The summed E-state index contributed by atoms with van der Waals surface area (Å²) < 4.78 is 38.3. The van der Waals surface area contributed by atoms with Crippen molar-refractivity contribution in [2.45, 2.75) is 11.8 Å². The molecule has 33 heavy (non-hydrogen) atoms. The zero-order chi connectivity index (χ0) is 23.8. The van der Waals surface area contributed by atoms with Crippen LogP contribution >= 0.6 is 0 Å². The van der Waals surface area contributed by atoms with Gasteiger partial charge in [0.1, 0.15) is 11.5 Å². The molecule has 3 N–H and O–H groups in total. The van der Waals surface area contributed by atoms with Crippen LogP contribution in [0.3, 0.4) is 0 Å². The van der Waals surface area contributed by atoms with Gasteiger partial charge in [0, 0.05) is 16.8 Å². The van der Waals surface area contributed by atoms with Crippen molar-refractivity contribution in [1.82, 2.24) is 10.9 Å². The number of carbonyl (C=O) groups is 2. The first-order chi connectivity index (χ1) is 15.8. The molecule has 3 aromatic carbocycles. The molecule has 0 fully saturated rings. The number of benzene rings is 3. The fraction of sp³-hybridized carbons (Fsp3) is 0.130. The van der Waals surface area contributed by atoms with Gasteiger partial charge in [0.05, 0.1) is 18.6 Å². The summed E-state index contributed by atoms with van der Waals surface area (Å²) in [5.74, 6) is 0.00480. The van der Waals surface area contributed by atoms with Gasteiger partial charge >= 0.3 is 0 Å².